The molecule has 0 amide bonds. The summed E-state index contributed by atoms with van der Waals surface area (Å²) in [4.78, 5) is 0. The number of thiophene rings is 1. The molecule has 0 saturated carbocycles. The lowest BCUT2D eigenvalue weighted by atomic mass is 9.91. The maximum absolute atomic E-state index is 13.0. The summed E-state index contributed by atoms with van der Waals surface area (Å²) in [5.41, 5.74) is 4.67. The van der Waals surface area contributed by atoms with Gasteiger partial charge in [0.2, 0.25) is 0 Å². The van der Waals surface area contributed by atoms with E-state index in [1.54, 1.807) is 0 Å². The quantitative estimate of drug-likeness (QED) is 0.665. The highest BCUT2D eigenvalue weighted by Crippen LogP contribution is 2.39. The molecule has 1 aromatic heterocycles. The Balaban J connectivity index is 2.57. The van der Waals surface area contributed by atoms with E-state index in [9.17, 15) is 13.2 Å². The predicted molar refractivity (Wildman–Crippen MR) is 74.4 cm³/mol. The number of benzene rings is 1. The van der Waals surface area contributed by atoms with E-state index in [0.29, 0.717) is 0 Å². The fourth-order valence-corrected chi connectivity index (χ4v) is 3.26. The number of hydrogen-bond acceptors (Lipinski definition) is 3. The smallest absolute Gasteiger partial charge is 0.271 e. The molecule has 1 aromatic carbocycles. The molecule has 3 N–H and O–H groups in total. The number of hydrazine groups is 1. The summed E-state index contributed by atoms with van der Waals surface area (Å²) in [5.74, 6) is 5.53. The van der Waals surface area contributed by atoms with Gasteiger partial charge in [-0.05, 0) is 41.5 Å². The van der Waals surface area contributed by atoms with Gasteiger partial charge >= 0.3 is 6.18 Å². The highest BCUT2D eigenvalue weighted by molar-refractivity contribution is 7.08. The van der Waals surface area contributed by atoms with Gasteiger partial charge in [0.1, 0.15) is 0 Å². The van der Waals surface area contributed by atoms with Crippen molar-refractivity contribution < 1.29 is 13.2 Å². The van der Waals surface area contributed by atoms with Crippen LogP contribution in [0, 0.1) is 13.8 Å². The standard InChI is InChI=1S/C14H15F3N2S/c1-8-4-3-5-9(2)12(8)13(19-18)10-6-20-7-11(10)14(15,16)17/h3-7,13,19H,18H2,1-2H3. The van der Waals surface area contributed by atoms with Crippen molar-refractivity contribution in [3.63, 3.8) is 0 Å². The molecule has 1 heterocycles. The molecule has 2 rings (SSSR count). The van der Waals surface area contributed by atoms with Crippen molar-refractivity contribution in [1.29, 1.82) is 0 Å². The topological polar surface area (TPSA) is 38.0 Å². The Labute approximate surface area is 119 Å². The second-order valence-corrected chi connectivity index (χ2v) is 5.39. The number of nitrogens with two attached hydrogens (primary N) is 1. The summed E-state index contributed by atoms with van der Waals surface area (Å²) in [6, 6.07) is 4.94. The fourth-order valence-electron chi connectivity index (χ4n) is 2.37. The third kappa shape index (κ3) is 2.72. The zero-order valence-electron chi connectivity index (χ0n) is 11.1. The van der Waals surface area contributed by atoms with Crippen molar-refractivity contribution in [3.8, 4) is 0 Å². The van der Waals surface area contributed by atoms with Crippen molar-refractivity contribution in [1.82, 2.24) is 5.43 Å². The van der Waals surface area contributed by atoms with Gasteiger partial charge < -0.3 is 0 Å². The van der Waals surface area contributed by atoms with Gasteiger partial charge in [0.15, 0.2) is 0 Å². The Hall–Kier alpha value is -1.37. The molecule has 0 bridgehead atoms. The van der Waals surface area contributed by atoms with E-state index in [1.165, 1.54) is 5.38 Å². The molecule has 0 fully saturated rings. The molecular formula is C14H15F3N2S. The average molecular weight is 300 g/mol. The van der Waals surface area contributed by atoms with E-state index in [4.69, 9.17) is 5.84 Å². The van der Waals surface area contributed by atoms with Gasteiger partial charge in [-0.2, -0.15) is 24.5 Å². The Morgan fingerprint density at radius 2 is 1.75 bits per heavy atom. The van der Waals surface area contributed by atoms with E-state index in [0.717, 1.165) is 33.4 Å². The number of rotatable bonds is 3. The number of nitrogens with one attached hydrogen (secondary N) is 1. The van der Waals surface area contributed by atoms with Gasteiger partial charge in [-0.3, -0.25) is 5.84 Å². The van der Waals surface area contributed by atoms with Crippen LogP contribution in [0.2, 0.25) is 0 Å². The zero-order valence-corrected chi connectivity index (χ0v) is 11.9. The fraction of sp³-hybridized carbons (Fsp3) is 0.286. The van der Waals surface area contributed by atoms with Gasteiger partial charge in [0.25, 0.3) is 0 Å². The molecule has 0 aliphatic rings. The highest BCUT2D eigenvalue weighted by Gasteiger charge is 2.36. The van der Waals surface area contributed by atoms with Crippen molar-refractivity contribution in [2.24, 2.45) is 5.84 Å². The Bertz CT molecular complexity index is 584. The second kappa shape index (κ2) is 5.55. The first-order valence-corrected chi connectivity index (χ1v) is 6.96. The number of halogens is 3. The van der Waals surface area contributed by atoms with E-state index in [2.05, 4.69) is 5.43 Å². The Morgan fingerprint density at radius 3 is 2.25 bits per heavy atom. The van der Waals surface area contributed by atoms with Gasteiger partial charge in [0, 0.05) is 5.38 Å². The lowest BCUT2D eigenvalue weighted by Crippen LogP contribution is -2.31. The minimum atomic E-state index is -4.37. The van der Waals surface area contributed by atoms with Crippen LogP contribution in [0.15, 0.2) is 29.0 Å². The first kappa shape index (κ1) is 15.0. The minimum absolute atomic E-state index is 0.169. The van der Waals surface area contributed by atoms with E-state index in [-0.39, 0.29) is 5.56 Å². The van der Waals surface area contributed by atoms with Gasteiger partial charge in [-0.1, -0.05) is 18.2 Å². The van der Waals surface area contributed by atoms with Crippen molar-refractivity contribution in [3.05, 3.63) is 56.8 Å². The lowest BCUT2D eigenvalue weighted by Gasteiger charge is -2.22. The van der Waals surface area contributed by atoms with Crippen LogP contribution in [-0.2, 0) is 6.18 Å². The summed E-state index contributed by atoms with van der Waals surface area (Å²) in [6.07, 6.45) is -4.37. The molecule has 2 aromatic rings. The number of hydrogen-bond donors (Lipinski definition) is 2. The number of alkyl halides is 3. The van der Waals surface area contributed by atoms with Crippen molar-refractivity contribution in [2.75, 3.05) is 0 Å². The molecule has 2 nitrogen and oxygen atoms in total. The van der Waals surface area contributed by atoms with Crippen LogP contribution in [0.3, 0.4) is 0 Å². The van der Waals surface area contributed by atoms with Crippen LogP contribution in [-0.4, -0.2) is 0 Å². The Kier molecular flexibility index (Phi) is 4.17. The normalized spacial score (nSPS) is 13.5. The van der Waals surface area contributed by atoms with E-state index < -0.39 is 17.8 Å². The molecule has 1 atom stereocenters. The molecular weight excluding hydrogens is 285 g/mol. The van der Waals surface area contributed by atoms with Crippen LogP contribution < -0.4 is 11.3 Å². The first-order chi connectivity index (χ1) is 9.36. The highest BCUT2D eigenvalue weighted by atomic mass is 32.1. The first-order valence-electron chi connectivity index (χ1n) is 6.01. The van der Waals surface area contributed by atoms with E-state index in [1.807, 2.05) is 32.0 Å². The van der Waals surface area contributed by atoms with Gasteiger partial charge in [-0.25, -0.2) is 5.43 Å². The van der Waals surface area contributed by atoms with Gasteiger partial charge in [0.05, 0.1) is 11.6 Å². The summed E-state index contributed by atoms with van der Waals surface area (Å²) in [6.45, 7) is 3.73. The third-order valence-electron chi connectivity index (χ3n) is 3.31. The number of aryl methyl sites for hydroxylation is 2. The monoisotopic (exact) mass is 300 g/mol. The maximum atomic E-state index is 13.0. The third-order valence-corrected chi connectivity index (χ3v) is 4.07. The minimum Gasteiger partial charge on any atom is -0.271 e. The van der Waals surface area contributed by atoms with Crippen molar-refractivity contribution >= 4 is 11.3 Å². The maximum Gasteiger partial charge on any atom is 0.417 e. The molecule has 0 spiro atoms. The zero-order chi connectivity index (χ0) is 14.9. The van der Waals surface area contributed by atoms with Gasteiger partial charge in [-0.15, -0.1) is 0 Å². The predicted octanol–water partition coefficient (Wildman–Crippen LogP) is 3.94. The van der Waals surface area contributed by atoms with Crippen LogP contribution in [0.5, 0.6) is 0 Å². The van der Waals surface area contributed by atoms with E-state index >= 15 is 0 Å². The molecule has 1 unspecified atom stereocenters. The lowest BCUT2D eigenvalue weighted by molar-refractivity contribution is -0.138. The molecule has 0 aliphatic carbocycles. The summed E-state index contributed by atoms with van der Waals surface area (Å²) < 4.78 is 39.1. The summed E-state index contributed by atoms with van der Waals surface area (Å²) in [7, 11) is 0. The largest absolute Gasteiger partial charge is 0.417 e. The summed E-state index contributed by atoms with van der Waals surface area (Å²) >= 11 is 1.03. The van der Waals surface area contributed by atoms with Crippen LogP contribution in [0.4, 0.5) is 13.2 Å². The second-order valence-electron chi connectivity index (χ2n) is 4.64. The molecule has 6 heteroatoms. The molecule has 0 saturated heterocycles. The van der Waals surface area contributed by atoms with Crippen LogP contribution in [0.1, 0.15) is 33.9 Å². The molecule has 0 aliphatic heterocycles. The molecule has 108 valence electrons. The Morgan fingerprint density at radius 1 is 1.15 bits per heavy atom. The molecule has 0 radical (unpaired) electrons. The summed E-state index contributed by atoms with van der Waals surface area (Å²) in [5, 5.41) is 2.62. The van der Waals surface area contributed by atoms with Crippen molar-refractivity contribution in [2.45, 2.75) is 26.1 Å². The van der Waals surface area contributed by atoms with Crippen LogP contribution in [0.25, 0.3) is 0 Å². The van der Waals surface area contributed by atoms with Crippen LogP contribution >= 0.6 is 11.3 Å². The molecule has 20 heavy (non-hydrogen) atoms. The SMILES string of the molecule is Cc1cccc(C)c1C(NN)c1cscc1C(F)(F)F. The average Bonchev–Trinajstić information content (AvgIpc) is 2.82.